The molecule has 3 aromatic rings. The van der Waals surface area contributed by atoms with E-state index in [1.807, 2.05) is 17.5 Å². The summed E-state index contributed by atoms with van der Waals surface area (Å²) in [4.78, 5) is 1.12. The Bertz CT molecular complexity index is 689. The van der Waals surface area contributed by atoms with Crippen LogP contribution in [0.4, 0.5) is 10.1 Å². The number of nitrogens with zero attached hydrogens (tertiary/aromatic N) is 1. The summed E-state index contributed by atoms with van der Waals surface area (Å²) in [5.41, 5.74) is 2.44. The van der Waals surface area contributed by atoms with Crippen LogP contribution in [-0.4, -0.2) is 10.2 Å². The molecule has 2 aromatic heterocycles. The maximum absolute atomic E-state index is 13.7. The summed E-state index contributed by atoms with van der Waals surface area (Å²) < 4.78 is 14.4. The van der Waals surface area contributed by atoms with E-state index in [1.54, 1.807) is 29.7 Å². The van der Waals surface area contributed by atoms with E-state index in [1.165, 1.54) is 6.07 Å². The average Bonchev–Trinajstić information content (AvgIpc) is 3.08. The van der Waals surface area contributed by atoms with Gasteiger partial charge in [-0.1, -0.05) is 12.1 Å². The lowest BCUT2D eigenvalue weighted by Gasteiger charge is -2.09. The van der Waals surface area contributed by atoms with E-state index in [4.69, 9.17) is 0 Å². The van der Waals surface area contributed by atoms with Crippen molar-refractivity contribution in [3.05, 3.63) is 57.8 Å². The Morgan fingerprint density at radius 2 is 2.20 bits per heavy atom. The lowest BCUT2D eigenvalue weighted by molar-refractivity contribution is 0.629. The van der Waals surface area contributed by atoms with Gasteiger partial charge in [-0.3, -0.25) is 5.10 Å². The number of thiophene rings is 1. The lowest BCUT2D eigenvalue weighted by Crippen LogP contribution is -2.02. The van der Waals surface area contributed by atoms with Gasteiger partial charge in [0, 0.05) is 16.6 Å². The molecule has 0 saturated heterocycles. The van der Waals surface area contributed by atoms with Crippen molar-refractivity contribution >= 4 is 33.0 Å². The summed E-state index contributed by atoms with van der Waals surface area (Å²) in [5, 5.41) is 12.2. The number of aromatic amines is 1. The predicted molar refractivity (Wildman–Crippen MR) is 83.3 cm³/mol. The van der Waals surface area contributed by atoms with Crippen LogP contribution in [0.2, 0.25) is 0 Å². The van der Waals surface area contributed by atoms with Crippen LogP contribution in [0, 0.1) is 5.82 Å². The molecule has 0 radical (unpaired) electrons. The minimum atomic E-state index is -0.277. The van der Waals surface area contributed by atoms with E-state index < -0.39 is 0 Å². The molecule has 6 heteroatoms. The van der Waals surface area contributed by atoms with Crippen molar-refractivity contribution in [3.63, 3.8) is 0 Å². The van der Waals surface area contributed by atoms with E-state index in [2.05, 4.69) is 31.4 Å². The molecule has 0 fully saturated rings. The van der Waals surface area contributed by atoms with Gasteiger partial charge in [0.2, 0.25) is 0 Å². The normalized spacial score (nSPS) is 10.7. The number of anilines is 1. The average molecular weight is 352 g/mol. The number of para-hydroxylation sites is 1. The monoisotopic (exact) mass is 351 g/mol. The number of nitrogens with one attached hydrogen (secondary N) is 2. The summed E-state index contributed by atoms with van der Waals surface area (Å²) in [6, 6.07) is 8.93. The highest BCUT2D eigenvalue weighted by molar-refractivity contribution is 9.10. The van der Waals surface area contributed by atoms with Crippen LogP contribution in [-0.2, 0) is 6.54 Å². The van der Waals surface area contributed by atoms with Crippen LogP contribution in [0.3, 0.4) is 0 Å². The topological polar surface area (TPSA) is 40.7 Å². The molecule has 0 amide bonds. The van der Waals surface area contributed by atoms with Crippen molar-refractivity contribution in [2.75, 3.05) is 5.32 Å². The van der Waals surface area contributed by atoms with Crippen molar-refractivity contribution in [2.45, 2.75) is 6.54 Å². The number of halogens is 2. The zero-order valence-electron chi connectivity index (χ0n) is 10.4. The molecule has 0 spiro atoms. The number of aromatic nitrogens is 2. The van der Waals surface area contributed by atoms with Crippen molar-refractivity contribution < 1.29 is 4.39 Å². The van der Waals surface area contributed by atoms with Gasteiger partial charge in [0.25, 0.3) is 0 Å². The molecule has 0 atom stereocenters. The predicted octanol–water partition coefficient (Wildman–Crippen LogP) is 4.65. The van der Waals surface area contributed by atoms with Crippen LogP contribution < -0.4 is 5.32 Å². The van der Waals surface area contributed by atoms with Crippen LogP contribution in [0.25, 0.3) is 10.6 Å². The molecule has 3 nitrogen and oxygen atoms in total. The number of rotatable bonds is 4. The molecule has 0 aliphatic carbocycles. The third kappa shape index (κ3) is 2.62. The number of benzene rings is 1. The van der Waals surface area contributed by atoms with Crippen molar-refractivity contribution in [1.29, 1.82) is 0 Å². The minimum absolute atomic E-state index is 0.277. The summed E-state index contributed by atoms with van der Waals surface area (Å²) in [5.74, 6) is -0.277. The molecule has 1 aromatic carbocycles. The molecule has 102 valence electrons. The largest absolute Gasteiger partial charge is 0.378 e. The zero-order valence-corrected chi connectivity index (χ0v) is 12.8. The molecule has 3 rings (SSSR count). The van der Waals surface area contributed by atoms with Crippen LogP contribution in [0.1, 0.15) is 5.56 Å². The van der Waals surface area contributed by atoms with Gasteiger partial charge < -0.3 is 5.32 Å². The van der Waals surface area contributed by atoms with Crippen molar-refractivity contribution in [1.82, 2.24) is 10.2 Å². The van der Waals surface area contributed by atoms with Gasteiger partial charge in [0.05, 0.1) is 22.5 Å². The second-order valence-electron chi connectivity index (χ2n) is 4.20. The molecule has 0 unspecified atom stereocenters. The molecular formula is C14H11BrFN3S. The van der Waals surface area contributed by atoms with Gasteiger partial charge >= 0.3 is 0 Å². The Hall–Kier alpha value is -1.66. The number of hydrogen-bond acceptors (Lipinski definition) is 3. The van der Waals surface area contributed by atoms with Gasteiger partial charge in [-0.2, -0.15) is 5.10 Å². The van der Waals surface area contributed by atoms with Gasteiger partial charge in [0.15, 0.2) is 0 Å². The lowest BCUT2D eigenvalue weighted by atomic mass is 10.2. The first-order valence-electron chi connectivity index (χ1n) is 5.99. The Morgan fingerprint density at radius 3 is 2.95 bits per heavy atom. The number of H-pyrrole nitrogens is 1. The standard InChI is InChI=1S/C14H11BrFN3S/c15-10-3-1-4-11(16)14(10)17-7-9-8-18-19-13(9)12-5-2-6-20-12/h1-6,8,17H,7H2,(H,18,19). The van der Waals surface area contributed by atoms with Crippen LogP contribution >= 0.6 is 27.3 Å². The maximum Gasteiger partial charge on any atom is 0.147 e. The Morgan fingerprint density at radius 1 is 1.30 bits per heavy atom. The quantitative estimate of drug-likeness (QED) is 0.718. The number of hydrogen-bond donors (Lipinski definition) is 2. The molecule has 0 aliphatic rings. The highest BCUT2D eigenvalue weighted by Crippen LogP contribution is 2.29. The first-order chi connectivity index (χ1) is 9.75. The van der Waals surface area contributed by atoms with Crippen LogP contribution in [0.5, 0.6) is 0 Å². The van der Waals surface area contributed by atoms with Gasteiger partial charge in [0.1, 0.15) is 5.82 Å². The third-order valence-electron chi connectivity index (χ3n) is 2.90. The van der Waals surface area contributed by atoms with Gasteiger partial charge in [-0.05, 0) is 39.5 Å². The summed E-state index contributed by atoms with van der Waals surface area (Å²) >= 11 is 4.99. The Balaban J connectivity index is 1.82. The SMILES string of the molecule is Fc1cccc(Br)c1NCc1cn[nH]c1-c1cccs1. The molecule has 20 heavy (non-hydrogen) atoms. The minimum Gasteiger partial charge on any atom is -0.378 e. The molecule has 2 heterocycles. The van der Waals surface area contributed by atoms with Gasteiger partial charge in [-0.15, -0.1) is 11.3 Å². The van der Waals surface area contributed by atoms with E-state index in [-0.39, 0.29) is 5.82 Å². The first kappa shape index (κ1) is 13.3. The van der Waals surface area contributed by atoms with Crippen LogP contribution in [0.15, 0.2) is 46.4 Å². The second kappa shape index (κ2) is 5.76. The highest BCUT2D eigenvalue weighted by atomic mass is 79.9. The summed E-state index contributed by atoms with van der Waals surface area (Å²) in [6.45, 7) is 0.503. The van der Waals surface area contributed by atoms with E-state index in [9.17, 15) is 4.39 Å². The van der Waals surface area contributed by atoms with Crippen molar-refractivity contribution in [2.24, 2.45) is 0 Å². The highest BCUT2D eigenvalue weighted by Gasteiger charge is 2.10. The molecular weight excluding hydrogens is 341 g/mol. The Kier molecular flexibility index (Phi) is 3.84. The maximum atomic E-state index is 13.7. The third-order valence-corrected chi connectivity index (χ3v) is 4.45. The van der Waals surface area contributed by atoms with E-state index in [0.29, 0.717) is 16.7 Å². The summed E-state index contributed by atoms with van der Waals surface area (Å²) in [6.07, 6.45) is 1.76. The molecule has 0 aliphatic heterocycles. The molecule has 0 bridgehead atoms. The molecule has 2 N–H and O–H groups in total. The first-order valence-corrected chi connectivity index (χ1v) is 7.67. The van der Waals surface area contributed by atoms with Gasteiger partial charge in [-0.25, -0.2) is 4.39 Å². The second-order valence-corrected chi connectivity index (χ2v) is 6.00. The fourth-order valence-corrected chi connectivity index (χ4v) is 3.17. The fourth-order valence-electron chi connectivity index (χ4n) is 1.93. The fraction of sp³-hybridized carbons (Fsp3) is 0.0714. The van der Waals surface area contributed by atoms with E-state index in [0.717, 1.165) is 16.1 Å². The molecule has 0 saturated carbocycles. The van der Waals surface area contributed by atoms with Crippen molar-refractivity contribution in [3.8, 4) is 10.6 Å². The summed E-state index contributed by atoms with van der Waals surface area (Å²) in [7, 11) is 0. The Labute approximate surface area is 128 Å². The van der Waals surface area contributed by atoms with E-state index >= 15 is 0 Å². The zero-order chi connectivity index (χ0) is 13.9. The smallest absolute Gasteiger partial charge is 0.147 e.